The molecule has 0 saturated carbocycles. The van der Waals surface area contributed by atoms with E-state index < -0.39 is 17.7 Å². The fraction of sp³-hybridized carbons (Fsp3) is 0.233. The van der Waals surface area contributed by atoms with Gasteiger partial charge in [-0.15, -0.1) is 10.2 Å². The number of hydrogen-bond donors (Lipinski definition) is 1. The van der Waals surface area contributed by atoms with E-state index in [1.807, 2.05) is 31.2 Å². The molecule has 1 fully saturated rings. The predicted octanol–water partition coefficient (Wildman–Crippen LogP) is 6.46. The van der Waals surface area contributed by atoms with Crippen LogP contribution in [0.25, 0.3) is 5.76 Å². The molecule has 3 heterocycles. The number of hydrogen-bond acceptors (Lipinski definition) is 8. The Morgan fingerprint density at radius 1 is 0.974 bits per heavy atom. The van der Waals surface area contributed by atoms with Crippen LogP contribution < -0.4 is 4.90 Å². The maximum absolute atomic E-state index is 13.4. The summed E-state index contributed by atoms with van der Waals surface area (Å²) in [6, 6.07) is 18.4. The molecular formula is C30H28N4O3S2. The zero-order valence-corrected chi connectivity index (χ0v) is 23.7. The van der Waals surface area contributed by atoms with Gasteiger partial charge in [-0.3, -0.25) is 19.5 Å². The standard InChI is InChI=1S/C30H28N4O3S2/c1-18-5-7-19(8-6-18)17-38-29-33-32-28(39-29)34-24(20-9-11-22(12-10-20)30(2,3)4)23(26(36)27(34)37)25(35)21-13-15-31-16-14-21/h5-16,24,35H,17H2,1-4H3/b25-23+. The molecule has 1 amide bonds. The van der Waals surface area contributed by atoms with E-state index in [-0.39, 0.29) is 16.7 Å². The molecule has 1 N–H and O–H groups in total. The average Bonchev–Trinajstić information content (AvgIpc) is 3.50. The van der Waals surface area contributed by atoms with Crippen molar-refractivity contribution in [2.45, 2.75) is 49.2 Å². The van der Waals surface area contributed by atoms with Crippen LogP contribution in [0.3, 0.4) is 0 Å². The first-order chi connectivity index (χ1) is 18.6. The van der Waals surface area contributed by atoms with Crippen molar-refractivity contribution in [2.24, 2.45) is 0 Å². The third kappa shape index (κ3) is 5.51. The molecule has 4 aromatic rings. The van der Waals surface area contributed by atoms with E-state index in [4.69, 9.17) is 0 Å². The molecule has 2 aromatic heterocycles. The monoisotopic (exact) mass is 556 g/mol. The molecule has 0 bridgehead atoms. The number of pyridine rings is 1. The topological polar surface area (TPSA) is 96.3 Å². The summed E-state index contributed by atoms with van der Waals surface area (Å²) in [7, 11) is 0. The first-order valence-electron chi connectivity index (χ1n) is 12.5. The predicted molar refractivity (Wildman–Crippen MR) is 155 cm³/mol. The van der Waals surface area contributed by atoms with Crippen molar-refractivity contribution in [3.8, 4) is 0 Å². The number of rotatable bonds is 6. The van der Waals surface area contributed by atoms with Crippen molar-refractivity contribution in [1.29, 1.82) is 0 Å². The van der Waals surface area contributed by atoms with Gasteiger partial charge in [-0.25, -0.2) is 0 Å². The molecule has 1 unspecified atom stereocenters. The van der Waals surface area contributed by atoms with Gasteiger partial charge in [0.05, 0.1) is 11.6 Å². The third-order valence-electron chi connectivity index (χ3n) is 6.58. The summed E-state index contributed by atoms with van der Waals surface area (Å²) < 4.78 is 0.684. The molecule has 1 saturated heterocycles. The lowest BCUT2D eigenvalue weighted by Gasteiger charge is -2.24. The Bertz CT molecular complexity index is 1540. The van der Waals surface area contributed by atoms with Crippen LogP contribution in [0, 0.1) is 6.92 Å². The number of anilines is 1. The summed E-state index contributed by atoms with van der Waals surface area (Å²) in [6.45, 7) is 8.41. The maximum atomic E-state index is 13.4. The Balaban J connectivity index is 1.54. The van der Waals surface area contributed by atoms with Gasteiger partial charge in [-0.05, 0) is 41.2 Å². The molecular weight excluding hydrogens is 528 g/mol. The molecule has 1 aliphatic heterocycles. The molecule has 39 heavy (non-hydrogen) atoms. The second-order valence-electron chi connectivity index (χ2n) is 10.4. The van der Waals surface area contributed by atoms with Crippen LogP contribution in [0.2, 0.25) is 0 Å². The van der Waals surface area contributed by atoms with Gasteiger partial charge in [-0.1, -0.05) is 98.0 Å². The zero-order valence-electron chi connectivity index (χ0n) is 22.1. The molecule has 0 radical (unpaired) electrons. The van der Waals surface area contributed by atoms with Crippen molar-refractivity contribution in [3.05, 3.63) is 106 Å². The van der Waals surface area contributed by atoms with E-state index in [2.05, 4.69) is 60.2 Å². The van der Waals surface area contributed by atoms with Gasteiger partial charge < -0.3 is 5.11 Å². The number of Topliss-reactive ketones (excluding diaryl/α,β-unsaturated/α-hetero) is 1. The summed E-state index contributed by atoms with van der Waals surface area (Å²) in [5.41, 5.74) is 4.51. The number of aromatic nitrogens is 3. The molecule has 1 aliphatic rings. The van der Waals surface area contributed by atoms with E-state index in [1.165, 1.54) is 46.0 Å². The van der Waals surface area contributed by atoms with Gasteiger partial charge >= 0.3 is 5.91 Å². The number of amides is 1. The van der Waals surface area contributed by atoms with Crippen LogP contribution in [0.4, 0.5) is 5.13 Å². The van der Waals surface area contributed by atoms with E-state index in [0.29, 0.717) is 26.4 Å². The molecule has 7 nitrogen and oxygen atoms in total. The summed E-state index contributed by atoms with van der Waals surface area (Å²) in [5, 5.41) is 20.1. The highest BCUT2D eigenvalue weighted by molar-refractivity contribution is 8.00. The minimum atomic E-state index is -0.852. The lowest BCUT2D eigenvalue weighted by molar-refractivity contribution is -0.132. The summed E-state index contributed by atoms with van der Waals surface area (Å²) in [5.74, 6) is -1.06. The SMILES string of the molecule is Cc1ccc(CSc2nnc(N3C(=O)C(=O)/C(=C(/O)c4ccncc4)C3c3ccc(C(C)(C)C)cc3)s2)cc1. The Hall–Kier alpha value is -3.82. The number of aryl methyl sites for hydroxylation is 1. The number of nitrogens with zero attached hydrogens (tertiary/aromatic N) is 4. The van der Waals surface area contributed by atoms with Gasteiger partial charge in [0, 0.05) is 23.7 Å². The molecule has 9 heteroatoms. The van der Waals surface area contributed by atoms with E-state index >= 15 is 0 Å². The second-order valence-corrected chi connectivity index (χ2v) is 12.6. The number of thioether (sulfide) groups is 1. The van der Waals surface area contributed by atoms with E-state index in [0.717, 1.165) is 11.1 Å². The van der Waals surface area contributed by atoms with Crippen molar-refractivity contribution in [2.75, 3.05) is 4.90 Å². The van der Waals surface area contributed by atoms with Gasteiger partial charge in [-0.2, -0.15) is 0 Å². The molecule has 5 rings (SSSR count). The molecule has 2 aromatic carbocycles. The lowest BCUT2D eigenvalue weighted by atomic mass is 9.85. The fourth-order valence-corrected chi connectivity index (χ4v) is 6.19. The van der Waals surface area contributed by atoms with Crippen LogP contribution in [0.1, 0.15) is 54.6 Å². The minimum absolute atomic E-state index is 0.0127. The third-order valence-corrected chi connectivity index (χ3v) is 8.70. The Kier molecular flexibility index (Phi) is 7.38. The van der Waals surface area contributed by atoms with E-state index in [9.17, 15) is 14.7 Å². The quantitative estimate of drug-likeness (QED) is 0.0957. The Morgan fingerprint density at radius 2 is 1.64 bits per heavy atom. The number of carbonyl (C=O) groups excluding carboxylic acids is 2. The van der Waals surface area contributed by atoms with Crippen LogP contribution in [-0.2, 0) is 20.8 Å². The van der Waals surface area contributed by atoms with Crippen LogP contribution >= 0.6 is 23.1 Å². The first-order valence-corrected chi connectivity index (χ1v) is 14.3. The van der Waals surface area contributed by atoms with Crippen LogP contribution in [0.15, 0.2) is 83.0 Å². The minimum Gasteiger partial charge on any atom is -0.507 e. The number of aliphatic hydroxyl groups excluding tert-OH is 1. The highest BCUT2D eigenvalue weighted by Crippen LogP contribution is 2.44. The smallest absolute Gasteiger partial charge is 0.301 e. The molecule has 0 spiro atoms. The van der Waals surface area contributed by atoms with E-state index in [1.54, 1.807) is 12.1 Å². The van der Waals surface area contributed by atoms with Crippen molar-refractivity contribution >= 4 is 45.7 Å². The highest BCUT2D eigenvalue weighted by atomic mass is 32.2. The maximum Gasteiger partial charge on any atom is 0.301 e. The zero-order chi connectivity index (χ0) is 27.7. The number of carbonyl (C=O) groups is 2. The normalized spacial score (nSPS) is 17.1. The number of aliphatic hydroxyl groups is 1. The molecule has 198 valence electrons. The van der Waals surface area contributed by atoms with Gasteiger partial charge in [0.15, 0.2) is 4.34 Å². The Labute approximate surface area is 235 Å². The van der Waals surface area contributed by atoms with Crippen LogP contribution in [-0.4, -0.2) is 32.0 Å². The highest BCUT2D eigenvalue weighted by Gasteiger charge is 2.48. The van der Waals surface area contributed by atoms with Gasteiger partial charge in [0.2, 0.25) is 5.13 Å². The first kappa shape index (κ1) is 26.8. The number of ketones is 1. The van der Waals surface area contributed by atoms with Crippen molar-refractivity contribution < 1.29 is 14.7 Å². The van der Waals surface area contributed by atoms with Gasteiger partial charge in [0.1, 0.15) is 5.76 Å². The fourth-order valence-electron chi connectivity index (χ4n) is 4.36. The largest absolute Gasteiger partial charge is 0.507 e. The average molecular weight is 557 g/mol. The van der Waals surface area contributed by atoms with Gasteiger partial charge in [0.25, 0.3) is 5.78 Å². The van der Waals surface area contributed by atoms with Crippen molar-refractivity contribution in [3.63, 3.8) is 0 Å². The summed E-state index contributed by atoms with van der Waals surface area (Å²) in [4.78, 5) is 32.2. The van der Waals surface area contributed by atoms with Crippen molar-refractivity contribution in [1.82, 2.24) is 15.2 Å². The lowest BCUT2D eigenvalue weighted by Crippen LogP contribution is -2.29. The molecule has 1 atom stereocenters. The Morgan fingerprint density at radius 3 is 2.28 bits per heavy atom. The second kappa shape index (κ2) is 10.7. The number of benzene rings is 2. The van der Waals surface area contributed by atoms with Crippen LogP contribution in [0.5, 0.6) is 0 Å². The molecule has 0 aliphatic carbocycles. The summed E-state index contributed by atoms with van der Waals surface area (Å²) in [6.07, 6.45) is 3.06. The summed E-state index contributed by atoms with van der Waals surface area (Å²) >= 11 is 2.77.